The molecule has 6 atom stereocenters. The smallest absolute Gasteiger partial charge is 0.328 e. The summed E-state index contributed by atoms with van der Waals surface area (Å²) in [4.78, 5) is 50.3. The molecule has 0 aliphatic heterocycles. The van der Waals surface area contributed by atoms with Crippen LogP contribution in [0.2, 0.25) is 0 Å². The zero-order valence-corrected chi connectivity index (χ0v) is 21.2. The van der Waals surface area contributed by atoms with Gasteiger partial charge in [-0.05, 0) is 30.7 Å². The van der Waals surface area contributed by atoms with E-state index in [1.165, 1.54) is 6.92 Å². The number of nitrogens with one attached hydrogen (secondary N) is 3. The Hall–Kier alpha value is -2.98. The van der Waals surface area contributed by atoms with E-state index >= 15 is 0 Å². The van der Waals surface area contributed by atoms with Crippen LogP contribution in [0, 0.1) is 11.8 Å². The van der Waals surface area contributed by atoms with Crippen LogP contribution in [0.25, 0.3) is 0 Å². The number of aliphatic hydroxyl groups is 1. The lowest BCUT2D eigenvalue weighted by atomic mass is 9.96. The van der Waals surface area contributed by atoms with E-state index in [-0.39, 0.29) is 18.3 Å². The second-order valence-corrected chi connectivity index (χ2v) is 9.42. The van der Waals surface area contributed by atoms with E-state index in [1.54, 1.807) is 6.92 Å². The number of aliphatic hydroxyl groups excluding tert-OH is 1. The summed E-state index contributed by atoms with van der Waals surface area (Å²) < 4.78 is 0. The van der Waals surface area contributed by atoms with Gasteiger partial charge in [0.1, 0.15) is 12.1 Å². The molecule has 6 unspecified atom stereocenters. The fourth-order valence-corrected chi connectivity index (χ4v) is 3.54. The Kier molecular flexibility index (Phi) is 12.4. The monoisotopic (exact) mass is 492 g/mol. The van der Waals surface area contributed by atoms with Crippen molar-refractivity contribution < 1.29 is 29.4 Å². The normalized spacial score (nSPS) is 16.3. The van der Waals surface area contributed by atoms with Gasteiger partial charge in [0.05, 0.1) is 12.1 Å². The Morgan fingerprint density at radius 3 is 1.94 bits per heavy atom. The topological polar surface area (TPSA) is 171 Å². The van der Waals surface area contributed by atoms with Crippen molar-refractivity contribution >= 4 is 23.7 Å². The summed E-state index contributed by atoms with van der Waals surface area (Å²) >= 11 is 0. The highest BCUT2D eigenvalue weighted by Crippen LogP contribution is 2.11. The van der Waals surface area contributed by atoms with Gasteiger partial charge in [-0.2, -0.15) is 0 Å². The van der Waals surface area contributed by atoms with Crippen molar-refractivity contribution in [3.05, 3.63) is 35.9 Å². The van der Waals surface area contributed by atoms with Crippen LogP contribution < -0.4 is 21.7 Å². The molecule has 1 aromatic rings. The minimum atomic E-state index is -1.53. The third kappa shape index (κ3) is 10.0. The summed E-state index contributed by atoms with van der Waals surface area (Å²) in [5.41, 5.74) is 6.80. The first kappa shape index (κ1) is 30.1. The maximum atomic E-state index is 13.3. The number of amides is 3. The van der Waals surface area contributed by atoms with Crippen LogP contribution in [-0.4, -0.2) is 64.2 Å². The molecule has 0 radical (unpaired) electrons. The highest BCUT2D eigenvalue weighted by atomic mass is 16.4. The van der Waals surface area contributed by atoms with Crippen LogP contribution >= 0.6 is 0 Å². The zero-order chi connectivity index (χ0) is 26.7. The molecule has 1 rings (SSSR count). The van der Waals surface area contributed by atoms with Crippen molar-refractivity contribution in [3.8, 4) is 0 Å². The first-order valence-electron chi connectivity index (χ1n) is 12.0. The molecule has 0 saturated heterocycles. The largest absolute Gasteiger partial charge is 0.480 e. The van der Waals surface area contributed by atoms with Gasteiger partial charge in [-0.25, -0.2) is 4.79 Å². The Labute approximate surface area is 207 Å². The molecule has 0 fully saturated rings. The molecule has 35 heavy (non-hydrogen) atoms. The molecule has 0 aromatic heterocycles. The van der Waals surface area contributed by atoms with E-state index in [0.717, 1.165) is 5.56 Å². The summed E-state index contributed by atoms with van der Waals surface area (Å²) in [7, 11) is 0. The molecule has 3 amide bonds. The highest BCUT2D eigenvalue weighted by molar-refractivity contribution is 5.94. The molecule has 196 valence electrons. The Balaban J connectivity index is 3.13. The number of rotatable bonds is 14. The number of hydrogen-bond donors (Lipinski definition) is 6. The second-order valence-electron chi connectivity index (χ2n) is 9.42. The maximum absolute atomic E-state index is 13.3. The number of carbonyl (C=O) groups excluding carboxylic acids is 3. The number of carbonyl (C=O) groups is 4. The van der Waals surface area contributed by atoms with Crippen LogP contribution in [0.1, 0.15) is 53.0 Å². The number of nitrogens with two attached hydrogens (primary N) is 1. The van der Waals surface area contributed by atoms with Gasteiger partial charge >= 0.3 is 5.97 Å². The SMILES string of the molecule is CCC(C)C(NC(=O)C(Cc1ccccc1)NC(=O)C(N)CC(C)C)C(=O)NC(C(=O)O)C(C)O. The van der Waals surface area contributed by atoms with E-state index in [0.29, 0.717) is 12.8 Å². The molecule has 0 spiro atoms. The fraction of sp³-hybridized carbons (Fsp3) is 0.600. The summed E-state index contributed by atoms with van der Waals surface area (Å²) in [5.74, 6) is -3.36. The van der Waals surface area contributed by atoms with Crippen LogP contribution in [0.4, 0.5) is 0 Å². The quantitative estimate of drug-likeness (QED) is 0.220. The van der Waals surface area contributed by atoms with Gasteiger partial charge in [0, 0.05) is 6.42 Å². The predicted octanol–water partition coefficient (Wildman–Crippen LogP) is 0.568. The Morgan fingerprint density at radius 1 is 0.886 bits per heavy atom. The number of carboxylic acids is 1. The molecular formula is C25H40N4O6. The summed E-state index contributed by atoms with van der Waals surface area (Å²) in [6, 6.07) is 4.69. The van der Waals surface area contributed by atoms with Crippen molar-refractivity contribution in [1.29, 1.82) is 0 Å². The van der Waals surface area contributed by atoms with Gasteiger partial charge in [0.2, 0.25) is 17.7 Å². The zero-order valence-electron chi connectivity index (χ0n) is 21.2. The number of aliphatic carboxylic acids is 1. The first-order valence-corrected chi connectivity index (χ1v) is 12.0. The molecule has 1 aromatic carbocycles. The van der Waals surface area contributed by atoms with Gasteiger partial charge in [-0.3, -0.25) is 14.4 Å². The molecule has 10 heteroatoms. The van der Waals surface area contributed by atoms with Crippen molar-refractivity contribution in [2.45, 2.75) is 84.2 Å². The van der Waals surface area contributed by atoms with Crippen molar-refractivity contribution in [3.63, 3.8) is 0 Å². The lowest BCUT2D eigenvalue weighted by Crippen LogP contribution is -2.60. The average Bonchev–Trinajstić information content (AvgIpc) is 2.79. The van der Waals surface area contributed by atoms with Crippen LogP contribution in [0.15, 0.2) is 30.3 Å². The highest BCUT2D eigenvalue weighted by Gasteiger charge is 2.34. The van der Waals surface area contributed by atoms with E-state index < -0.39 is 54.0 Å². The van der Waals surface area contributed by atoms with E-state index in [2.05, 4.69) is 16.0 Å². The number of benzene rings is 1. The standard InChI is InChI=1S/C25H40N4O6/c1-6-15(4)20(24(33)29-21(16(5)30)25(34)35)28-23(32)19(13-17-10-8-7-9-11-17)27-22(31)18(26)12-14(2)3/h7-11,14-16,18-21,30H,6,12-13,26H2,1-5H3,(H,27,31)(H,28,32)(H,29,33)(H,34,35). The lowest BCUT2D eigenvalue weighted by Gasteiger charge is -2.28. The van der Waals surface area contributed by atoms with Crippen molar-refractivity contribution in [2.24, 2.45) is 17.6 Å². The predicted molar refractivity (Wildman–Crippen MR) is 132 cm³/mol. The Morgan fingerprint density at radius 2 is 1.46 bits per heavy atom. The summed E-state index contributed by atoms with van der Waals surface area (Å²) in [6.07, 6.45) is -0.205. The van der Waals surface area contributed by atoms with Gasteiger partial charge in [0.15, 0.2) is 6.04 Å². The maximum Gasteiger partial charge on any atom is 0.328 e. The molecule has 0 heterocycles. The molecule has 0 aliphatic carbocycles. The van der Waals surface area contributed by atoms with Crippen LogP contribution in [-0.2, 0) is 25.6 Å². The van der Waals surface area contributed by atoms with Gasteiger partial charge < -0.3 is 31.9 Å². The van der Waals surface area contributed by atoms with Crippen molar-refractivity contribution in [2.75, 3.05) is 0 Å². The minimum Gasteiger partial charge on any atom is -0.480 e. The molecule has 10 nitrogen and oxygen atoms in total. The van der Waals surface area contributed by atoms with Crippen LogP contribution in [0.5, 0.6) is 0 Å². The van der Waals surface area contributed by atoms with Crippen LogP contribution in [0.3, 0.4) is 0 Å². The number of carboxylic acid groups (broad SMARTS) is 1. The molecule has 0 aliphatic rings. The molecule has 7 N–H and O–H groups in total. The fourth-order valence-electron chi connectivity index (χ4n) is 3.54. The van der Waals surface area contributed by atoms with E-state index in [1.807, 2.05) is 51.1 Å². The summed E-state index contributed by atoms with van der Waals surface area (Å²) in [6.45, 7) is 8.70. The third-order valence-corrected chi connectivity index (χ3v) is 5.82. The average molecular weight is 493 g/mol. The van der Waals surface area contributed by atoms with Gasteiger partial charge in [-0.15, -0.1) is 0 Å². The Bertz CT molecular complexity index is 846. The van der Waals surface area contributed by atoms with E-state index in [9.17, 15) is 29.4 Å². The third-order valence-electron chi connectivity index (χ3n) is 5.82. The van der Waals surface area contributed by atoms with E-state index in [4.69, 9.17) is 5.73 Å². The molecular weight excluding hydrogens is 452 g/mol. The lowest BCUT2D eigenvalue weighted by molar-refractivity contribution is -0.145. The number of hydrogen-bond acceptors (Lipinski definition) is 6. The molecule has 0 bridgehead atoms. The van der Waals surface area contributed by atoms with Gasteiger partial charge in [-0.1, -0.05) is 64.4 Å². The molecule has 0 saturated carbocycles. The van der Waals surface area contributed by atoms with Crippen molar-refractivity contribution in [1.82, 2.24) is 16.0 Å². The summed E-state index contributed by atoms with van der Waals surface area (Å²) in [5, 5.41) is 26.7. The first-order chi connectivity index (χ1) is 16.4. The minimum absolute atomic E-state index is 0.174. The van der Waals surface area contributed by atoms with Gasteiger partial charge in [0.25, 0.3) is 0 Å². The second kappa shape index (κ2) is 14.4.